The van der Waals surface area contributed by atoms with Gasteiger partial charge in [0.15, 0.2) is 22.3 Å². The minimum absolute atomic E-state index is 0.0192. The molecule has 1 aromatic carbocycles. The molecule has 9 heteroatoms. The van der Waals surface area contributed by atoms with Gasteiger partial charge in [-0.15, -0.1) is 0 Å². The van der Waals surface area contributed by atoms with E-state index < -0.39 is 43.9 Å². The molecule has 1 aromatic rings. The van der Waals surface area contributed by atoms with E-state index in [4.69, 9.17) is 5.11 Å². The highest BCUT2D eigenvalue weighted by atomic mass is 32.2. The van der Waals surface area contributed by atoms with Gasteiger partial charge in [0.05, 0.1) is 0 Å². The van der Waals surface area contributed by atoms with Crippen molar-refractivity contribution >= 4 is 10.0 Å². The van der Waals surface area contributed by atoms with Crippen LogP contribution in [0, 0.1) is 23.3 Å². The van der Waals surface area contributed by atoms with Crippen molar-refractivity contribution in [2.24, 2.45) is 0 Å². The fraction of sp³-hybridized carbons (Fsp3) is 0.455. The number of piperidine rings is 1. The van der Waals surface area contributed by atoms with Gasteiger partial charge in [0.25, 0.3) is 0 Å². The lowest BCUT2D eigenvalue weighted by Gasteiger charge is -2.26. The average molecular weight is 313 g/mol. The molecule has 20 heavy (non-hydrogen) atoms. The molecule has 112 valence electrons. The molecule has 2 rings (SSSR count). The number of benzene rings is 1. The second kappa shape index (κ2) is 5.21. The van der Waals surface area contributed by atoms with Crippen molar-refractivity contribution < 1.29 is 31.1 Å². The van der Waals surface area contributed by atoms with E-state index in [1.807, 2.05) is 0 Å². The van der Waals surface area contributed by atoms with Gasteiger partial charge in [-0.25, -0.2) is 17.2 Å². The zero-order valence-electron chi connectivity index (χ0n) is 10.2. The Kier molecular flexibility index (Phi) is 3.92. The lowest BCUT2D eigenvalue weighted by atomic mass is 10.2. The Hall–Kier alpha value is -1.35. The first-order valence-electron chi connectivity index (χ1n) is 5.83. The maximum atomic E-state index is 13.6. The third-order valence-electron chi connectivity index (χ3n) is 3.11. The summed E-state index contributed by atoms with van der Waals surface area (Å²) in [6.45, 7) is 0.0383. The van der Waals surface area contributed by atoms with Crippen LogP contribution in [0.3, 0.4) is 0 Å². The molecule has 0 saturated carbocycles. The molecule has 0 atom stereocenters. The molecular weight excluding hydrogens is 302 g/mol. The first-order chi connectivity index (χ1) is 9.28. The standard InChI is InChI=1S/C11H11F4NO3S/c12-6-8(14)11(9(15)7(13)10(6)17)20(18,19)16-4-2-1-3-5-16/h17H,1-5H2. The van der Waals surface area contributed by atoms with Crippen molar-refractivity contribution in [3.63, 3.8) is 0 Å². The monoisotopic (exact) mass is 313 g/mol. The van der Waals surface area contributed by atoms with Crippen LogP contribution in [0.5, 0.6) is 5.75 Å². The predicted octanol–water partition coefficient (Wildman–Crippen LogP) is 2.12. The minimum Gasteiger partial charge on any atom is -0.503 e. The highest BCUT2D eigenvalue weighted by Gasteiger charge is 2.37. The van der Waals surface area contributed by atoms with Crippen LogP contribution in [-0.2, 0) is 10.0 Å². The summed E-state index contributed by atoms with van der Waals surface area (Å²) in [6, 6.07) is 0. The molecule has 1 N–H and O–H groups in total. The third-order valence-corrected chi connectivity index (χ3v) is 5.03. The van der Waals surface area contributed by atoms with Crippen molar-refractivity contribution in [2.75, 3.05) is 13.1 Å². The summed E-state index contributed by atoms with van der Waals surface area (Å²) < 4.78 is 78.6. The molecule has 1 aliphatic heterocycles. The van der Waals surface area contributed by atoms with Crippen LogP contribution in [0.1, 0.15) is 19.3 Å². The summed E-state index contributed by atoms with van der Waals surface area (Å²) in [6.07, 6.45) is 1.74. The Labute approximate surface area is 112 Å². The van der Waals surface area contributed by atoms with Crippen LogP contribution in [0.2, 0.25) is 0 Å². The molecular formula is C11H11F4NO3S. The van der Waals surface area contributed by atoms with Crippen LogP contribution in [-0.4, -0.2) is 30.9 Å². The van der Waals surface area contributed by atoms with Crippen LogP contribution in [0.25, 0.3) is 0 Å². The van der Waals surface area contributed by atoms with Gasteiger partial charge >= 0.3 is 0 Å². The summed E-state index contributed by atoms with van der Waals surface area (Å²) >= 11 is 0. The Morgan fingerprint density at radius 1 is 0.850 bits per heavy atom. The number of nitrogens with zero attached hydrogens (tertiary/aromatic N) is 1. The normalized spacial score (nSPS) is 17.4. The number of rotatable bonds is 2. The molecule has 0 amide bonds. The molecule has 0 radical (unpaired) electrons. The van der Waals surface area contributed by atoms with Gasteiger partial charge in [0.2, 0.25) is 21.7 Å². The number of phenolic OH excluding ortho intramolecular Hbond substituents is 1. The summed E-state index contributed by atoms with van der Waals surface area (Å²) in [5.41, 5.74) is 0. The van der Waals surface area contributed by atoms with Crippen molar-refractivity contribution in [3.05, 3.63) is 23.3 Å². The third kappa shape index (κ3) is 2.24. The Balaban J connectivity index is 2.63. The number of sulfonamides is 1. The fourth-order valence-electron chi connectivity index (χ4n) is 2.06. The summed E-state index contributed by atoms with van der Waals surface area (Å²) in [5.74, 6) is -10.4. The number of hydrogen-bond donors (Lipinski definition) is 1. The van der Waals surface area contributed by atoms with E-state index in [1.165, 1.54) is 0 Å². The van der Waals surface area contributed by atoms with Crippen LogP contribution >= 0.6 is 0 Å². The SMILES string of the molecule is O=S(=O)(c1c(F)c(F)c(O)c(F)c1F)N1CCCCC1. The predicted molar refractivity (Wildman–Crippen MR) is 60.5 cm³/mol. The molecule has 0 spiro atoms. The Morgan fingerprint density at radius 2 is 1.30 bits per heavy atom. The van der Waals surface area contributed by atoms with Gasteiger partial charge in [0.1, 0.15) is 0 Å². The van der Waals surface area contributed by atoms with E-state index in [0.29, 0.717) is 12.8 Å². The average Bonchev–Trinajstić information content (AvgIpc) is 2.44. The van der Waals surface area contributed by atoms with Crippen LogP contribution in [0.4, 0.5) is 17.6 Å². The van der Waals surface area contributed by atoms with E-state index in [0.717, 1.165) is 10.7 Å². The first-order valence-corrected chi connectivity index (χ1v) is 7.27. The zero-order valence-corrected chi connectivity index (χ0v) is 11.0. The van der Waals surface area contributed by atoms with E-state index >= 15 is 0 Å². The lowest BCUT2D eigenvalue weighted by Crippen LogP contribution is -2.36. The number of phenols is 1. The largest absolute Gasteiger partial charge is 0.503 e. The zero-order chi connectivity index (χ0) is 15.1. The highest BCUT2D eigenvalue weighted by Crippen LogP contribution is 2.33. The quantitative estimate of drug-likeness (QED) is 0.672. The van der Waals surface area contributed by atoms with E-state index in [2.05, 4.69) is 0 Å². The van der Waals surface area contributed by atoms with E-state index in [1.54, 1.807) is 0 Å². The maximum Gasteiger partial charge on any atom is 0.249 e. The van der Waals surface area contributed by atoms with Crippen molar-refractivity contribution in [3.8, 4) is 5.75 Å². The fourth-order valence-corrected chi connectivity index (χ4v) is 3.69. The molecule has 1 fully saturated rings. The molecule has 0 bridgehead atoms. The number of hydrogen-bond acceptors (Lipinski definition) is 3. The molecule has 0 aromatic heterocycles. The molecule has 0 unspecified atom stereocenters. The van der Waals surface area contributed by atoms with Crippen molar-refractivity contribution in [2.45, 2.75) is 24.2 Å². The van der Waals surface area contributed by atoms with Crippen molar-refractivity contribution in [1.29, 1.82) is 0 Å². The molecule has 0 aliphatic carbocycles. The van der Waals surface area contributed by atoms with Crippen LogP contribution in [0.15, 0.2) is 4.90 Å². The van der Waals surface area contributed by atoms with Crippen molar-refractivity contribution in [1.82, 2.24) is 4.31 Å². The van der Waals surface area contributed by atoms with Gasteiger partial charge in [-0.1, -0.05) is 6.42 Å². The highest BCUT2D eigenvalue weighted by molar-refractivity contribution is 7.89. The summed E-state index contributed by atoms with van der Waals surface area (Å²) in [4.78, 5) is -1.70. The number of aromatic hydroxyl groups is 1. The maximum absolute atomic E-state index is 13.6. The van der Waals surface area contributed by atoms with Gasteiger partial charge in [-0.05, 0) is 12.8 Å². The molecule has 4 nitrogen and oxygen atoms in total. The van der Waals surface area contributed by atoms with Crippen LogP contribution < -0.4 is 0 Å². The Bertz CT molecular complexity index is 613. The summed E-state index contributed by atoms with van der Waals surface area (Å²) in [7, 11) is -4.69. The molecule has 1 saturated heterocycles. The van der Waals surface area contributed by atoms with Gasteiger partial charge in [0, 0.05) is 13.1 Å². The Morgan fingerprint density at radius 3 is 1.75 bits per heavy atom. The minimum atomic E-state index is -4.69. The first kappa shape index (κ1) is 15.0. The summed E-state index contributed by atoms with van der Waals surface area (Å²) in [5, 5.41) is 8.83. The van der Waals surface area contributed by atoms with E-state index in [9.17, 15) is 26.0 Å². The van der Waals surface area contributed by atoms with E-state index in [-0.39, 0.29) is 13.1 Å². The van der Waals surface area contributed by atoms with Gasteiger partial charge in [-0.2, -0.15) is 13.1 Å². The smallest absolute Gasteiger partial charge is 0.249 e. The van der Waals surface area contributed by atoms with Gasteiger partial charge in [-0.3, -0.25) is 0 Å². The topological polar surface area (TPSA) is 57.6 Å². The second-order valence-corrected chi connectivity index (χ2v) is 6.27. The number of halogens is 4. The van der Waals surface area contributed by atoms with Gasteiger partial charge < -0.3 is 5.11 Å². The lowest BCUT2D eigenvalue weighted by molar-refractivity contribution is 0.325. The molecule has 1 heterocycles. The molecule has 1 aliphatic rings. The second-order valence-electron chi connectivity index (χ2n) is 4.40.